The molecule has 0 aliphatic heterocycles. The third-order valence-corrected chi connectivity index (χ3v) is 1.90. The van der Waals surface area contributed by atoms with Crippen LogP contribution in [0.3, 0.4) is 0 Å². The van der Waals surface area contributed by atoms with E-state index in [1.54, 1.807) is 19.4 Å². The molecule has 0 spiro atoms. The van der Waals surface area contributed by atoms with Crippen molar-refractivity contribution >= 4 is 11.9 Å². The SMILES string of the molecule is COCCNC(=O)c1ccnc(NC(C)C)n1. The first-order chi connectivity index (χ1) is 8.13. The molecular formula is C11H18N4O2. The van der Waals surface area contributed by atoms with Gasteiger partial charge in [-0.2, -0.15) is 0 Å². The molecule has 0 atom stereocenters. The van der Waals surface area contributed by atoms with E-state index >= 15 is 0 Å². The first kappa shape index (κ1) is 13.4. The zero-order valence-electron chi connectivity index (χ0n) is 10.4. The number of nitrogens with zero attached hydrogens (tertiary/aromatic N) is 2. The molecule has 0 aliphatic carbocycles. The Morgan fingerprint density at radius 2 is 2.29 bits per heavy atom. The Morgan fingerprint density at radius 1 is 1.53 bits per heavy atom. The topological polar surface area (TPSA) is 76.1 Å². The number of carbonyl (C=O) groups excluding carboxylic acids is 1. The molecule has 0 fully saturated rings. The van der Waals surface area contributed by atoms with Crippen LogP contribution in [0.5, 0.6) is 0 Å². The largest absolute Gasteiger partial charge is 0.383 e. The summed E-state index contributed by atoms with van der Waals surface area (Å²) in [7, 11) is 1.58. The fraction of sp³-hybridized carbons (Fsp3) is 0.545. The van der Waals surface area contributed by atoms with Crippen LogP contribution in [0.15, 0.2) is 12.3 Å². The van der Waals surface area contributed by atoms with Crippen molar-refractivity contribution in [2.45, 2.75) is 19.9 Å². The van der Waals surface area contributed by atoms with Gasteiger partial charge >= 0.3 is 0 Å². The minimum Gasteiger partial charge on any atom is -0.383 e. The number of carbonyl (C=O) groups is 1. The highest BCUT2D eigenvalue weighted by Gasteiger charge is 2.08. The molecule has 0 aromatic carbocycles. The molecule has 1 rings (SSSR count). The fourth-order valence-electron chi connectivity index (χ4n) is 1.17. The van der Waals surface area contributed by atoms with Gasteiger partial charge in [0.1, 0.15) is 5.69 Å². The average molecular weight is 238 g/mol. The van der Waals surface area contributed by atoms with Crippen LogP contribution in [-0.4, -0.2) is 42.2 Å². The highest BCUT2D eigenvalue weighted by Crippen LogP contribution is 2.02. The molecule has 0 aliphatic rings. The van der Waals surface area contributed by atoms with E-state index in [0.717, 1.165) is 0 Å². The normalized spacial score (nSPS) is 10.4. The van der Waals surface area contributed by atoms with Gasteiger partial charge in [0.25, 0.3) is 5.91 Å². The van der Waals surface area contributed by atoms with Gasteiger partial charge in [0.05, 0.1) is 6.61 Å². The van der Waals surface area contributed by atoms with Crippen LogP contribution >= 0.6 is 0 Å². The Bertz CT molecular complexity index is 368. The maximum absolute atomic E-state index is 11.7. The number of hydrogen-bond acceptors (Lipinski definition) is 5. The van der Waals surface area contributed by atoms with Crippen molar-refractivity contribution < 1.29 is 9.53 Å². The highest BCUT2D eigenvalue weighted by molar-refractivity contribution is 5.92. The Hall–Kier alpha value is -1.69. The Kier molecular flexibility index (Phi) is 5.35. The van der Waals surface area contributed by atoms with Crippen LogP contribution in [0.25, 0.3) is 0 Å². The molecule has 1 heterocycles. The van der Waals surface area contributed by atoms with Crippen LogP contribution < -0.4 is 10.6 Å². The van der Waals surface area contributed by atoms with E-state index < -0.39 is 0 Å². The van der Waals surface area contributed by atoms with E-state index in [-0.39, 0.29) is 11.9 Å². The van der Waals surface area contributed by atoms with Gasteiger partial charge in [0, 0.05) is 25.9 Å². The van der Waals surface area contributed by atoms with Gasteiger partial charge in [-0.15, -0.1) is 0 Å². The fourth-order valence-corrected chi connectivity index (χ4v) is 1.17. The Morgan fingerprint density at radius 3 is 2.94 bits per heavy atom. The molecule has 2 N–H and O–H groups in total. The first-order valence-corrected chi connectivity index (χ1v) is 5.50. The summed E-state index contributed by atoms with van der Waals surface area (Å²) in [5.41, 5.74) is 0.347. The zero-order chi connectivity index (χ0) is 12.7. The van der Waals surface area contributed by atoms with E-state index in [4.69, 9.17) is 4.74 Å². The summed E-state index contributed by atoms with van der Waals surface area (Å²) in [6, 6.07) is 1.80. The standard InChI is InChI=1S/C11H18N4O2/c1-8(2)14-11-13-5-4-9(15-11)10(16)12-6-7-17-3/h4-5,8H,6-7H2,1-3H3,(H,12,16)(H,13,14,15). The summed E-state index contributed by atoms with van der Waals surface area (Å²) in [6.45, 7) is 4.91. The van der Waals surface area contributed by atoms with Gasteiger partial charge in [-0.25, -0.2) is 9.97 Å². The van der Waals surface area contributed by atoms with E-state index in [0.29, 0.717) is 24.8 Å². The van der Waals surface area contributed by atoms with Crippen LogP contribution in [0.1, 0.15) is 24.3 Å². The number of methoxy groups -OCH3 is 1. The van der Waals surface area contributed by atoms with Gasteiger partial charge in [0.2, 0.25) is 5.95 Å². The predicted molar refractivity (Wildman–Crippen MR) is 65.0 cm³/mol. The van der Waals surface area contributed by atoms with Crippen molar-refractivity contribution in [3.8, 4) is 0 Å². The van der Waals surface area contributed by atoms with Gasteiger partial charge in [-0.1, -0.05) is 0 Å². The molecule has 1 aromatic heterocycles. The number of hydrogen-bond donors (Lipinski definition) is 2. The van der Waals surface area contributed by atoms with Crippen molar-refractivity contribution in [2.75, 3.05) is 25.6 Å². The Balaban J connectivity index is 2.60. The number of aromatic nitrogens is 2. The first-order valence-electron chi connectivity index (χ1n) is 5.50. The second kappa shape index (κ2) is 6.80. The van der Waals surface area contributed by atoms with Crippen LogP contribution in [0.4, 0.5) is 5.95 Å². The van der Waals surface area contributed by atoms with Crippen LogP contribution in [0.2, 0.25) is 0 Å². The molecule has 0 saturated carbocycles. The monoisotopic (exact) mass is 238 g/mol. The van der Waals surface area contributed by atoms with Crippen molar-refractivity contribution in [1.29, 1.82) is 0 Å². The summed E-state index contributed by atoms with van der Waals surface area (Å²) >= 11 is 0. The summed E-state index contributed by atoms with van der Waals surface area (Å²) in [5.74, 6) is 0.232. The molecule has 0 bridgehead atoms. The van der Waals surface area contributed by atoms with Gasteiger partial charge in [-0.3, -0.25) is 4.79 Å². The lowest BCUT2D eigenvalue weighted by Gasteiger charge is -2.09. The Labute approximate surface area is 101 Å². The van der Waals surface area contributed by atoms with E-state index in [1.807, 2.05) is 13.8 Å². The molecule has 17 heavy (non-hydrogen) atoms. The lowest BCUT2D eigenvalue weighted by Crippen LogP contribution is -2.28. The number of ether oxygens (including phenoxy) is 1. The van der Waals surface area contributed by atoms with Gasteiger partial charge in [-0.05, 0) is 19.9 Å². The van der Waals surface area contributed by atoms with Crippen LogP contribution in [0, 0.1) is 0 Å². The zero-order valence-corrected chi connectivity index (χ0v) is 10.4. The van der Waals surface area contributed by atoms with E-state index in [2.05, 4.69) is 20.6 Å². The average Bonchev–Trinajstić information content (AvgIpc) is 2.28. The number of rotatable bonds is 6. The van der Waals surface area contributed by atoms with Crippen molar-refractivity contribution in [2.24, 2.45) is 0 Å². The van der Waals surface area contributed by atoms with Gasteiger partial charge < -0.3 is 15.4 Å². The molecule has 94 valence electrons. The molecule has 0 saturated heterocycles. The molecule has 1 aromatic rings. The third-order valence-electron chi connectivity index (χ3n) is 1.90. The van der Waals surface area contributed by atoms with Crippen LogP contribution in [-0.2, 0) is 4.74 Å². The summed E-state index contributed by atoms with van der Waals surface area (Å²) < 4.78 is 4.84. The minimum absolute atomic E-state index is 0.224. The summed E-state index contributed by atoms with van der Waals surface area (Å²) in [4.78, 5) is 19.8. The molecule has 6 nitrogen and oxygen atoms in total. The number of nitrogens with one attached hydrogen (secondary N) is 2. The number of amides is 1. The lowest BCUT2D eigenvalue weighted by atomic mass is 10.3. The maximum atomic E-state index is 11.7. The smallest absolute Gasteiger partial charge is 0.270 e. The van der Waals surface area contributed by atoms with Crippen molar-refractivity contribution in [3.05, 3.63) is 18.0 Å². The maximum Gasteiger partial charge on any atom is 0.270 e. The summed E-state index contributed by atoms with van der Waals surface area (Å²) in [6.07, 6.45) is 1.56. The second-order valence-corrected chi connectivity index (χ2v) is 3.81. The quantitative estimate of drug-likeness (QED) is 0.712. The molecular weight excluding hydrogens is 220 g/mol. The third kappa shape index (κ3) is 4.78. The molecule has 0 radical (unpaired) electrons. The summed E-state index contributed by atoms with van der Waals surface area (Å²) in [5, 5.41) is 5.74. The molecule has 6 heteroatoms. The van der Waals surface area contributed by atoms with Crippen molar-refractivity contribution in [1.82, 2.24) is 15.3 Å². The van der Waals surface area contributed by atoms with E-state index in [1.165, 1.54) is 0 Å². The number of anilines is 1. The highest BCUT2D eigenvalue weighted by atomic mass is 16.5. The second-order valence-electron chi connectivity index (χ2n) is 3.81. The molecule has 0 unspecified atom stereocenters. The molecule has 1 amide bonds. The van der Waals surface area contributed by atoms with Gasteiger partial charge in [0.15, 0.2) is 0 Å². The minimum atomic E-state index is -0.226. The van der Waals surface area contributed by atoms with Crippen molar-refractivity contribution in [3.63, 3.8) is 0 Å². The van der Waals surface area contributed by atoms with E-state index in [9.17, 15) is 4.79 Å². The predicted octanol–water partition coefficient (Wildman–Crippen LogP) is 0.673. The lowest BCUT2D eigenvalue weighted by molar-refractivity contribution is 0.0932.